The summed E-state index contributed by atoms with van der Waals surface area (Å²) in [7, 11) is 0. The van der Waals surface area contributed by atoms with Gasteiger partial charge in [0, 0.05) is 17.9 Å². The van der Waals surface area contributed by atoms with Crippen molar-refractivity contribution >= 4 is 11.8 Å². The molecule has 2 heterocycles. The summed E-state index contributed by atoms with van der Waals surface area (Å²) in [6.07, 6.45) is 1.83. The molecule has 0 saturated carbocycles. The number of aryl methyl sites for hydroxylation is 2. The zero-order valence-electron chi connectivity index (χ0n) is 10.8. The number of rotatable bonds is 3. The van der Waals surface area contributed by atoms with Crippen molar-refractivity contribution in [2.45, 2.75) is 36.9 Å². The predicted octanol–water partition coefficient (Wildman–Crippen LogP) is 3.26. The summed E-state index contributed by atoms with van der Waals surface area (Å²) in [4.78, 5) is 8.88. The Morgan fingerprint density at radius 3 is 2.50 bits per heavy atom. The van der Waals surface area contributed by atoms with Crippen molar-refractivity contribution in [1.29, 1.82) is 0 Å². The van der Waals surface area contributed by atoms with E-state index in [2.05, 4.69) is 29.0 Å². The molecule has 4 heteroatoms. The number of pyridine rings is 2. The minimum Gasteiger partial charge on any atom is -0.324 e. The molecule has 18 heavy (non-hydrogen) atoms. The summed E-state index contributed by atoms with van der Waals surface area (Å²) in [6.45, 7) is 6.03. The quantitative estimate of drug-likeness (QED) is 0.919. The van der Waals surface area contributed by atoms with Crippen LogP contribution >= 0.6 is 11.8 Å². The van der Waals surface area contributed by atoms with Gasteiger partial charge in [-0.1, -0.05) is 17.8 Å². The topological polar surface area (TPSA) is 51.8 Å². The van der Waals surface area contributed by atoms with Gasteiger partial charge in [-0.05, 0) is 50.1 Å². The highest BCUT2D eigenvalue weighted by Gasteiger charge is 2.04. The van der Waals surface area contributed by atoms with Gasteiger partial charge in [0.1, 0.15) is 10.1 Å². The Morgan fingerprint density at radius 2 is 1.94 bits per heavy atom. The van der Waals surface area contributed by atoms with Gasteiger partial charge in [0.2, 0.25) is 0 Å². The average Bonchev–Trinajstić information content (AvgIpc) is 2.28. The maximum absolute atomic E-state index is 5.80. The van der Waals surface area contributed by atoms with Crippen LogP contribution in [0.5, 0.6) is 0 Å². The summed E-state index contributed by atoms with van der Waals surface area (Å²) >= 11 is 1.57. The highest BCUT2D eigenvalue weighted by atomic mass is 32.2. The number of nitrogens with zero attached hydrogens (tertiary/aromatic N) is 2. The minimum absolute atomic E-state index is 0.0240. The van der Waals surface area contributed by atoms with E-state index in [1.165, 1.54) is 5.56 Å². The first kappa shape index (κ1) is 13.1. The summed E-state index contributed by atoms with van der Waals surface area (Å²) < 4.78 is 0. The number of nitrogens with two attached hydrogens (primary N) is 1. The third-order valence-corrected chi connectivity index (χ3v) is 3.44. The average molecular weight is 259 g/mol. The maximum atomic E-state index is 5.80. The molecule has 3 nitrogen and oxygen atoms in total. The summed E-state index contributed by atoms with van der Waals surface area (Å²) in [5.41, 5.74) is 9.10. The van der Waals surface area contributed by atoms with Crippen LogP contribution in [0, 0.1) is 13.8 Å². The summed E-state index contributed by atoms with van der Waals surface area (Å²) in [6, 6.07) is 8.16. The van der Waals surface area contributed by atoms with Crippen molar-refractivity contribution in [2.75, 3.05) is 0 Å². The van der Waals surface area contributed by atoms with Crippen LogP contribution in [0.4, 0.5) is 0 Å². The molecule has 0 aliphatic rings. The Hall–Kier alpha value is -1.39. The number of hydrogen-bond donors (Lipinski definition) is 1. The largest absolute Gasteiger partial charge is 0.324 e. The van der Waals surface area contributed by atoms with E-state index >= 15 is 0 Å². The lowest BCUT2D eigenvalue weighted by Crippen LogP contribution is -2.04. The molecule has 2 N–H and O–H groups in total. The Labute approximate surface area is 112 Å². The summed E-state index contributed by atoms with van der Waals surface area (Å²) in [5, 5.41) is 1.92. The van der Waals surface area contributed by atoms with Crippen molar-refractivity contribution in [3.8, 4) is 0 Å². The van der Waals surface area contributed by atoms with Crippen LogP contribution < -0.4 is 5.73 Å². The first-order valence-electron chi connectivity index (χ1n) is 5.89. The predicted molar refractivity (Wildman–Crippen MR) is 74.7 cm³/mol. The molecule has 0 aliphatic heterocycles. The second-order valence-corrected chi connectivity index (χ2v) is 5.49. The number of aromatic nitrogens is 2. The van der Waals surface area contributed by atoms with Crippen molar-refractivity contribution in [3.05, 3.63) is 47.3 Å². The molecule has 0 aromatic carbocycles. The first-order chi connectivity index (χ1) is 8.54. The lowest BCUT2D eigenvalue weighted by Gasteiger charge is -2.06. The molecule has 2 aromatic rings. The fraction of sp³-hybridized carbons (Fsp3) is 0.286. The van der Waals surface area contributed by atoms with Gasteiger partial charge in [0.25, 0.3) is 0 Å². The second-order valence-electron chi connectivity index (χ2n) is 4.44. The van der Waals surface area contributed by atoms with Gasteiger partial charge < -0.3 is 5.73 Å². The van der Waals surface area contributed by atoms with Gasteiger partial charge in [-0.2, -0.15) is 0 Å². The highest BCUT2D eigenvalue weighted by molar-refractivity contribution is 7.99. The lowest BCUT2D eigenvalue weighted by molar-refractivity contribution is 0.806. The second kappa shape index (κ2) is 5.50. The highest BCUT2D eigenvalue weighted by Crippen LogP contribution is 2.25. The van der Waals surface area contributed by atoms with Crippen LogP contribution in [0.2, 0.25) is 0 Å². The molecule has 0 radical (unpaired) electrons. The monoisotopic (exact) mass is 259 g/mol. The molecule has 2 rings (SSSR count). The Morgan fingerprint density at radius 1 is 1.17 bits per heavy atom. The molecule has 0 saturated heterocycles. The Kier molecular flexibility index (Phi) is 3.99. The van der Waals surface area contributed by atoms with E-state index in [1.807, 2.05) is 32.2 Å². The standard InChI is InChI=1S/C14H17N3S/c1-9-6-10(2)17-14(7-9)18-13-5-4-12(8-16-13)11(3)15/h4-8,11H,15H2,1-3H3/t11-/m1/s1. The van der Waals surface area contributed by atoms with E-state index < -0.39 is 0 Å². The van der Waals surface area contributed by atoms with Gasteiger partial charge in [-0.15, -0.1) is 0 Å². The van der Waals surface area contributed by atoms with Crippen LogP contribution in [-0.4, -0.2) is 9.97 Å². The molecule has 0 aliphatic carbocycles. The van der Waals surface area contributed by atoms with E-state index in [4.69, 9.17) is 5.73 Å². The van der Waals surface area contributed by atoms with E-state index in [0.717, 1.165) is 21.3 Å². The zero-order valence-corrected chi connectivity index (χ0v) is 11.7. The maximum Gasteiger partial charge on any atom is 0.103 e. The third kappa shape index (κ3) is 3.31. The molecule has 0 amide bonds. The molecule has 0 bridgehead atoms. The van der Waals surface area contributed by atoms with Crippen LogP contribution in [0.15, 0.2) is 40.5 Å². The minimum atomic E-state index is 0.0240. The van der Waals surface area contributed by atoms with E-state index in [1.54, 1.807) is 11.8 Å². The van der Waals surface area contributed by atoms with Gasteiger partial charge in [0.05, 0.1) is 0 Å². The van der Waals surface area contributed by atoms with Crippen molar-refractivity contribution < 1.29 is 0 Å². The summed E-state index contributed by atoms with van der Waals surface area (Å²) in [5.74, 6) is 0. The van der Waals surface area contributed by atoms with Crippen molar-refractivity contribution in [3.63, 3.8) is 0 Å². The molecular weight excluding hydrogens is 242 g/mol. The van der Waals surface area contributed by atoms with Crippen LogP contribution in [-0.2, 0) is 0 Å². The fourth-order valence-corrected chi connectivity index (χ4v) is 2.58. The van der Waals surface area contributed by atoms with Gasteiger partial charge >= 0.3 is 0 Å². The van der Waals surface area contributed by atoms with E-state index in [0.29, 0.717) is 0 Å². The third-order valence-electron chi connectivity index (χ3n) is 2.57. The molecular formula is C14H17N3S. The smallest absolute Gasteiger partial charge is 0.103 e. The van der Waals surface area contributed by atoms with E-state index in [-0.39, 0.29) is 6.04 Å². The van der Waals surface area contributed by atoms with Gasteiger partial charge in [0.15, 0.2) is 0 Å². The molecule has 1 atom stereocenters. The van der Waals surface area contributed by atoms with Crippen molar-refractivity contribution in [1.82, 2.24) is 9.97 Å². The molecule has 0 spiro atoms. The Balaban J connectivity index is 2.18. The SMILES string of the molecule is Cc1cc(C)nc(Sc2ccc([C@@H](C)N)cn2)c1. The number of hydrogen-bond acceptors (Lipinski definition) is 4. The van der Waals surface area contributed by atoms with Crippen LogP contribution in [0.3, 0.4) is 0 Å². The van der Waals surface area contributed by atoms with Crippen molar-refractivity contribution in [2.24, 2.45) is 5.73 Å². The molecule has 94 valence electrons. The first-order valence-corrected chi connectivity index (χ1v) is 6.71. The molecule has 0 fully saturated rings. The Bertz CT molecular complexity index is 515. The van der Waals surface area contributed by atoms with E-state index in [9.17, 15) is 0 Å². The fourth-order valence-electron chi connectivity index (χ4n) is 1.69. The molecule has 2 aromatic heterocycles. The lowest BCUT2D eigenvalue weighted by atomic mass is 10.2. The van der Waals surface area contributed by atoms with Gasteiger partial charge in [-0.3, -0.25) is 0 Å². The normalized spacial score (nSPS) is 12.4. The van der Waals surface area contributed by atoms with Crippen LogP contribution in [0.25, 0.3) is 0 Å². The zero-order chi connectivity index (χ0) is 13.1. The van der Waals surface area contributed by atoms with Crippen LogP contribution in [0.1, 0.15) is 29.8 Å². The van der Waals surface area contributed by atoms with Gasteiger partial charge in [-0.25, -0.2) is 9.97 Å². The molecule has 0 unspecified atom stereocenters.